The molecule has 0 aromatic heterocycles. The highest BCUT2D eigenvalue weighted by atomic mass is 32.2. The predicted molar refractivity (Wildman–Crippen MR) is 69.5 cm³/mol. The molecule has 0 aromatic carbocycles. The van der Waals surface area contributed by atoms with Gasteiger partial charge in [-0.3, -0.25) is 9.59 Å². The van der Waals surface area contributed by atoms with Gasteiger partial charge < -0.3 is 5.11 Å². The van der Waals surface area contributed by atoms with Gasteiger partial charge in [-0.25, -0.2) is 13.4 Å². The van der Waals surface area contributed by atoms with Gasteiger partial charge in [0.15, 0.2) is 9.84 Å². The molecule has 0 radical (unpaired) electrons. The largest absolute Gasteiger partial charge is 0.481 e. The summed E-state index contributed by atoms with van der Waals surface area (Å²) in [5.74, 6) is -1.92. The third kappa shape index (κ3) is 4.30. The predicted octanol–water partition coefficient (Wildman–Crippen LogP) is 0.120. The number of hydrogen-bond donors (Lipinski definition) is 1. The lowest BCUT2D eigenvalue weighted by atomic mass is 9.99. The fraction of sp³-hybridized carbons (Fsp3) is 0.727. The monoisotopic (exact) mass is 290 g/mol. The van der Waals surface area contributed by atoms with Crippen LogP contribution < -0.4 is 0 Å². The van der Waals surface area contributed by atoms with Gasteiger partial charge in [-0.1, -0.05) is 6.92 Å². The minimum Gasteiger partial charge on any atom is -0.481 e. The Morgan fingerprint density at radius 1 is 1.47 bits per heavy atom. The van der Waals surface area contributed by atoms with Crippen LogP contribution in [0, 0.1) is 5.92 Å². The number of carboxylic acid groups (broad SMARTS) is 1. The normalized spacial score (nSPS) is 19.7. The molecule has 0 bridgehead atoms. The SMILES string of the molecule is CCS(=O)(=O)CCN1N=C(C)C(CCC(=O)O)C1=O. The number of amides is 1. The van der Waals surface area contributed by atoms with E-state index in [4.69, 9.17) is 5.11 Å². The number of hydrogen-bond acceptors (Lipinski definition) is 5. The molecule has 8 heteroatoms. The number of carboxylic acids is 1. The van der Waals surface area contributed by atoms with Gasteiger partial charge in [0.05, 0.1) is 18.2 Å². The second kappa shape index (κ2) is 6.14. The van der Waals surface area contributed by atoms with E-state index in [9.17, 15) is 18.0 Å². The number of sulfone groups is 1. The minimum absolute atomic E-state index is 0.0237. The molecule has 0 aliphatic carbocycles. The quantitative estimate of drug-likeness (QED) is 0.717. The van der Waals surface area contributed by atoms with E-state index in [2.05, 4.69) is 5.10 Å². The Balaban J connectivity index is 2.60. The molecule has 1 heterocycles. The summed E-state index contributed by atoms with van der Waals surface area (Å²) in [5.41, 5.74) is 0.542. The maximum absolute atomic E-state index is 12.0. The molecule has 0 fully saturated rings. The molecule has 1 unspecified atom stereocenters. The number of rotatable bonds is 7. The molecular formula is C11H18N2O5S. The van der Waals surface area contributed by atoms with Gasteiger partial charge >= 0.3 is 5.97 Å². The fourth-order valence-electron chi connectivity index (χ4n) is 1.80. The zero-order chi connectivity index (χ0) is 14.6. The summed E-state index contributed by atoms with van der Waals surface area (Å²) in [7, 11) is -3.15. The van der Waals surface area contributed by atoms with Crippen LogP contribution in [-0.2, 0) is 19.4 Å². The molecule has 0 spiro atoms. The second-order valence-corrected chi connectivity index (χ2v) is 6.90. The highest BCUT2D eigenvalue weighted by molar-refractivity contribution is 7.91. The van der Waals surface area contributed by atoms with E-state index in [1.54, 1.807) is 13.8 Å². The Hall–Kier alpha value is -1.44. The maximum atomic E-state index is 12.0. The third-order valence-corrected chi connectivity index (χ3v) is 4.72. The van der Waals surface area contributed by atoms with Gasteiger partial charge in [0.2, 0.25) is 0 Å². The average Bonchev–Trinajstić information content (AvgIpc) is 2.60. The van der Waals surface area contributed by atoms with E-state index in [0.29, 0.717) is 5.71 Å². The summed E-state index contributed by atoms with van der Waals surface area (Å²) < 4.78 is 22.8. The van der Waals surface area contributed by atoms with Crippen LogP contribution in [0.1, 0.15) is 26.7 Å². The van der Waals surface area contributed by atoms with E-state index in [1.807, 2.05) is 0 Å². The van der Waals surface area contributed by atoms with Gasteiger partial charge in [0.1, 0.15) is 0 Å². The smallest absolute Gasteiger partial charge is 0.303 e. The highest BCUT2D eigenvalue weighted by Crippen LogP contribution is 2.20. The average molecular weight is 290 g/mol. The van der Waals surface area contributed by atoms with Crippen molar-refractivity contribution in [2.45, 2.75) is 26.7 Å². The highest BCUT2D eigenvalue weighted by Gasteiger charge is 2.33. The van der Waals surface area contributed by atoms with E-state index < -0.39 is 21.7 Å². The van der Waals surface area contributed by atoms with Crippen molar-refractivity contribution in [3.63, 3.8) is 0 Å². The molecule has 1 aliphatic rings. The third-order valence-electron chi connectivity index (χ3n) is 3.04. The zero-order valence-electron chi connectivity index (χ0n) is 11.0. The van der Waals surface area contributed by atoms with Gasteiger partial charge in [-0.05, 0) is 13.3 Å². The molecule has 0 saturated heterocycles. The van der Waals surface area contributed by atoms with E-state index in [0.717, 1.165) is 5.01 Å². The lowest BCUT2D eigenvalue weighted by Gasteiger charge is -2.13. The summed E-state index contributed by atoms with van der Waals surface area (Å²) in [5, 5.41) is 13.8. The van der Waals surface area contributed by atoms with Crippen LogP contribution in [0.15, 0.2) is 5.10 Å². The van der Waals surface area contributed by atoms with Crippen LogP contribution in [0.4, 0.5) is 0 Å². The summed E-state index contributed by atoms with van der Waals surface area (Å²) >= 11 is 0. The zero-order valence-corrected chi connectivity index (χ0v) is 11.8. The van der Waals surface area contributed by atoms with E-state index in [-0.39, 0.29) is 36.8 Å². The van der Waals surface area contributed by atoms with Crippen molar-refractivity contribution >= 4 is 27.4 Å². The standard InChI is InChI=1S/C11H18N2O5S/c1-3-19(17,18)7-6-13-11(16)9(8(2)12-13)4-5-10(14)15/h9H,3-7H2,1-2H3,(H,14,15). The molecule has 108 valence electrons. The molecule has 1 aliphatic heterocycles. The molecule has 1 amide bonds. The first-order valence-electron chi connectivity index (χ1n) is 6.05. The number of carbonyl (C=O) groups excluding carboxylic acids is 1. The first-order valence-corrected chi connectivity index (χ1v) is 7.87. The lowest BCUT2D eigenvalue weighted by Crippen LogP contribution is -2.31. The second-order valence-electron chi connectivity index (χ2n) is 4.42. The van der Waals surface area contributed by atoms with Crippen molar-refractivity contribution in [3.8, 4) is 0 Å². The van der Waals surface area contributed by atoms with Gasteiger partial charge in [0.25, 0.3) is 5.91 Å². The van der Waals surface area contributed by atoms with Gasteiger partial charge in [0, 0.05) is 17.9 Å². The Morgan fingerprint density at radius 3 is 2.63 bits per heavy atom. The van der Waals surface area contributed by atoms with Crippen molar-refractivity contribution < 1.29 is 23.1 Å². The van der Waals surface area contributed by atoms with Crippen molar-refractivity contribution in [2.24, 2.45) is 11.0 Å². The van der Waals surface area contributed by atoms with Crippen molar-refractivity contribution in [1.29, 1.82) is 0 Å². The van der Waals surface area contributed by atoms with Crippen molar-refractivity contribution in [2.75, 3.05) is 18.1 Å². The molecule has 1 N–H and O–H groups in total. The number of carbonyl (C=O) groups is 2. The lowest BCUT2D eigenvalue weighted by molar-refractivity contribution is -0.137. The first-order chi connectivity index (χ1) is 8.76. The Bertz CT molecular complexity index is 497. The van der Waals surface area contributed by atoms with E-state index >= 15 is 0 Å². The van der Waals surface area contributed by atoms with E-state index in [1.165, 1.54) is 0 Å². The molecule has 0 aromatic rings. The van der Waals surface area contributed by atoms with Crippen LogP contribution in [0.3, 0.4) is 0 Å². The maximum Gasteiger partial charge on any atom is 0.303 e. The Morgan fingerprint density at radius 2 is 2.11 bits per heavy atom. The first kappa shape index (κ1) is 15.6. The summed E-state index contributed by atoms with van der Waals surface area (Å²) in [4.78, 5) is 22.5. The molecule has 1 atom stereocenters. The van der Waals surface area contributed by atoms with Gasteiger partial charge in [-0.2, -0.15) is 5.10 Å². The number of nitrogens with zero attached hydrogens (tertiary/aromatic N) is 2. The van der Waals surface area contributed by atoms with Gasteiger partial charge in [-0.15, -0.1) is 0 Å². The molecule has 1 rings (SSSR count). The summed E-state index contributed by atoms with van der Waals surface area (Å²) in [6.45, 7) is 3.22. The van der Waals surface area contributed by atoms with Crippen molar-refractivity contribution in [1.82, 2.24) is 5.01 Å². The topological polar surface area (TPSA) is 104 Å². The van der Waals surface area contributed by atoms with Crippen LogP contribution in [0.25, 0.3) is 0 Å². The van der Waals surface area contributed by atoms with Crippen LogP contribution in [-0.4, -0.2) is 54.2 Å². The molecule has 0 saturated carbocycles. The summed E-state index contributed by atoms with van der Waals surface area (Å²) in [6, 6.07) is 0. The van der Waals surface area contributed by atoms with Crippen LogP contribution in [0.5, 0.6) is 0 Å². The summed E-state index contributed by atoms with van der Waals surface area (Å²) in [6.07, 6.45) is 0.0882. The fourth-order valence-corrected chi connectivity index (χ4v) is 2.54. The number of aliphatic carboxylic acids is 1. The van der Waals surface area contributed by atoms with Crippen LogP contribution >= 0.6 is 0 Å². The molecule has 19 heavy (non-hydrogen) atoms. The Kier molecular flexibility index (Phi) is 5.04. The minimum atomic E-state index is -3.15. The van der Waals surface area contributed by atoms with Crippen LogP contribution in [0.2, 0.25) is 0 Å². The Labute approximate surface area is 112 Å². The number of hydrazone groups is 1. The molecular weight excluding hydrogens is 272 g/mol. The molecule has 7 nitrogen and oxygen atoms in total. The van der Waals surface area contributed by atoms with Crippen molar-refractivity contribution in [3.05, 3.63) is 0 Å².